The Labute approximate surface area is 185 Å². The molecule has 32 heavy (non-hydrogen) atoms. The minimum Gasteiger partial charge on any atom is -0.496 e. The second kappa shape index (κ2) is 10.3. The summed E-state index contributed by atoms with van der Waals surface area (Å²) in [6, 6.07) is 12.6. The molecule has 166 valence electrons. The molecule has 0 radical (unpaired) electrons. The minimum atomic E-state index is -0.560. The van der Waals surface area contributed by atoms with Gasteiger partial charge in [0.25, 0.3) is 11.6 Å². The van der Waals surface area contributed by atoms with E-state index in [2.05, 4.69) is 10.3 Å². The second-order valence-electron chi connectivity index (χ2n) is 6.89. The Morgan fingerprint density at radius 3 is 2.38 bits per heavy atom. The Morgan fingerprint density at radius 2 is 1.72 bits per heavy atom. The van der Waals surface area contributed by atoms with Crippen molar-refractivity contribution in [1.29, 1.82) is 0 Å². The van der Waals surface area contributed by atoms with Crippen LogP contribution in [0, 0.1) is 10.1 Å². The van der Waals surface area contributed by atoms with E-state index in [0.29, 0.717) is 18.1 Å². The number of benzene rings is 2. The number of carbonyl (C=O) groups is 1. The summed E-state index contributed by atoms with van der Waals surface area (Å²) < 4.78 is 16.5. The molecule has 0 saturated carbocycles. The van der Waals surface area contributed by atoms with Gasteiger partial charge in [-0.15, -0.1) is 0 Å². The van der Waals surface area contributed by atoms with Crippen molar-refractivity contribution >= 4 is 11.6 Å². The van der Waals surface area contributed by atoms with Gasteiger partial charge in [-0.3, -0.25) is 19.9 Å². The summed E-state index contributed by atoms with van der Waals surface area (Å²) in [4.78, 5) is 27.3. The zero-order valence-corrected chi connectivity index (χ0v) is 17.9. The van der Waals surface area contributed by atoms with Crippen LogP contribution in [0.25, 0.3) is 0 Å². The van der Waals surface area contributed by atoms with E-state index >= 15 is 0 Å². The van der Waals surface area contributed by atoms with E-state index in [4.69, 9.17) is 14.2 Å². The fourth-order valence-electron chi connectivity index (χ4n) is 3.06. The number of rotatable bonds is 9. The van der Waals surface area contributed by atoms with Gasteiger partial charge in [0.15, 0.2) is 11.5 Å². The number of non-ortho nitro benzene ring substituents is 1. The Morgan fingerprint density at radius 1 is 1.03 bits per heavy atom. The van der Waals surface area contributed by atoms with Gasteiger partial charge in [-0.25, -0.2) is 0 Å². The molecule has 0 saturated heterocycles. The van der Waals surface area contributed by atoms with E-state index in [0.717, 1.165) is 11.1 Å². The van der Waals surface area contributed by atoms with Crippen LogP contribution in [0.1, 0.15) is 34.5 Å². The number of methoxy groups -OCH3 is 2. The Bertz CT molecular complexity index is 1100. The number of hydrogen-bond acceptors (Lipinski definition) is 7. The largest absolute Gasteiger partial charge is 0.496 e. The molecule has 9 heteroatoms. The van der Waals surface area contributed by atoms with Gasteiger partial charge < -0.3 is 19.5 Å². The smallest absolute Gasteiger partial charge is 0.270 e. The predicted molar refractivity (Wildman–Crippen MR) is 117 cm³/mol. The van der Waals surface area contributed by atoms with E-state index in [1.165, 1.54) is 32.4 Å². The van der Waals surface area contributed by atoms with Crippen LogP contribution in [-0.2, 0) is 6.61 Å². The van der Waals surface area contributed by atoms with E-state index < -0.39 is 16.9 Å². The van der Waals surface area contributed by atoms with Crippen molar-refractivity contribution in [3.8, 4) is 17.2 Å². The zero-order valence-electron chi connectivity index (χ0n) is 17.9. The molecule has 0 bridgehead atoms. The van der Waals surface area contributed by atoms with Crippen molar-refractivity contribution in [2.45, 2.75) is 19.6 Å². The highest BCUT2D eigenvalue weighted by Crippen LogP contribution is 2.31. The average Bonchev–Trinajstić information content (AvgIpc) is 2.82. The van der Waals surface area contributed by atoms with Crippen molar-refractivity contribution in [3.63, 3.8) is 0 Å². The highest BCUT2D eigenvalue weighted by atomic mass is 16.6. The van der Waals surface area contributed by atoms with Crippen LogP contribution in [-0.4, -0.2) is 30.0 Å². The Hall–Kier alpha value is -4.14. The maximum atomic E-state index is 12.8. The van der Waals surface area contributed by atoms with Gasteiger partial charge in [0.05, 0.1) is 30.7 Å². The number of ether oxygens (including phenoxy) is 3. The van der Waals surface area contributed by atoms with Crippen LogP contribution >= 0.6 is 0 Å². The number of nitrogens with zero attached hydrogens (tertiary/aromatic N) is 2. The van der Waals surface area contributed by atoms with Crippen LogP contribution in [0.5, 0.6) is 17.2 Å². The number of nitro groups is 1. The summed E-state index contributed by atoms with van der Waals surface area (Å²) in [5.41, 5.74) is 1.63. The first-order valence-electron chi connectivity index (χ1n) is 9.76. The fourth-order valence-corrected chi connectivity index (χ4v) is 3.06. The summed E-state index contributed by atoms with van der Waals surface area (Å²) in [6.07, 6.45) is 3.39. The van der Waals surface area contributed by atoms with Crippen LogP contribution in [0.15, 0.2) is 60.9 Å². The maximum Gasteiger partial charge on any atom is 0.270 e. The third-order valence-corrected chi connectivity index (χ3v) is 4.82. The fraction of sp³-hybridized carbons (Fsp3) is 0.217. The molecule has 0 aliphatic heterocycles. The molecule has 1 unspecified atom stereocenters. The molecular weight excluding hydrogens is 414 g/mol. The second-order valence-corrected chi connectivity index (χ2v) is 6.89. The van der Waals surface area contributed by atoms with Crippen LogP contribution < -0.4 is 19.5 Å². The number of amides is 1. The van der Waals surface area contributed by atoms with Crippen molar-refractivity contribution in [1.82, 2.24) is 10.3 Å². The van der Waals surface area contributed by atoms with Crippen LogP contribution in [0.2, 0.25) is 0 Å². The molecule has 1 heterocycles. The Kier molecular flexibility index (Phi) is 7.22. The standard InChI is InChI=1S/C23H23N3O6/c1-15(25-23(27)19-13-18(26(28)29)5-7-20(19)30-2)17-4-6-21(22(12-17)31-3)32-14-16-8-10-24-11-9-16/h4-13,15H,14H2,1-3H3,(H,25,27). The lowest BCUT2D eigenvalue weighted by molar-refractivity contribution is -0.384. The van der Waals surface area contributed by atoms with Crippen LogP contribution in [0.4, 0.5) is 5.69 Å². The minimum absolute atomic E-state index is 0.0813. The van der Waals surface area contributed by atoms with Crippen molar-refractivity contribution in [2.24, 2.45) is 0 Å². The molecule has 1 amide bonds. The molecule has 0 fully saturated rings. The molecule has 0 aliphatic rings. The normalized spacial score (nSPS) is 11.3. The summed E-state index contributed by atoms with van der Waals surface area (Å²) >= 11 is 0. The summed E-state index contributed by atoms with van der Waals surface area (Å²) in [6.45, 7) is 2.16. The predicted octanol–water partition coefficient (Wildman–Crippen LogP) is 4.08. The monoisotopic (exact) mass is 437 g/mol. The number of nitro benzene ring substituents is 1. The molecule has 1 N–H and O–H groups in total. The maximum absolute atomic E-state index is 12.8. The van der Waals surface area contributed by atoms with Gasteiger partial charge in [-0.2, -0.15) is 0 Å². The average molecular weight is 437 g/mol. The lowest BCUT2D eigenvalue weighted by Crippen LogP contribution is -2.27. The number of carbonyl (C=O) groups excluding carboxylic acids is 1. The van der Waals surface area contributed by atoms with Crippen molar-refractivity contribution in [2.75, 3.05) is 14.2 Å². The lowest BCUT2D eigenvalue weighted by Gasteiger charge is -2.18. The summed E-state index contributed by atoms with van der Waals surface area (Å²) in [5, 5.41) is 13.9. The van der Waals surface area contributed by atoms with Crippen LogP contribution in [0.3, 0.4) is 0 Å². The van der Waals surface area contributed by atoms with Gasteiger partial charge in [0.1, 0.15) is 12.4 Å². The third kappa shape index (κ3) is 5.31. The first-order chi connectivity index (χ1) is 15.4. The van der Waals surface area contributed by atoms with E-state index in [1.54, 1.807) is 31.5 Å². The molecule has 0 aliphatic carbocycles. The summed E-state index contributed by atoms with van der Waals surface area (Å²) in [7, 11) is 2.94. The van der Waals surface area contributed by atoms with Gasteiger partial charge in [-0.05, 0) is 48.4 Å². The molecule has 2 aromatic carbocycles. The highest BCUT2D eigenvalue weighted by Gasteiger charge is 2.20. The molecule has 9 nitrogen and oxygen atoms in total. The molecule has 3 aromatic rings. The zero-order chi connectivity index (χ0) is 23.1. The molecule has 1 aromatic heterocycles. The number of hydrogen-bond donors (Lipinski definition) is 1. The van der Waals surface area contributed by atoms with E-state index in [1.807, 2.05) is 18.2 Å². The molecular formula is C23H23N3O6. The quantitative estimate of drug-likeness (QED) is 0.396. The lowest BCUT2D eigenvalue weighted by atomic mass is 10.1. The first-order valence-corrected chi connectivity index (χ1v) is 9.76. The highest BCUT2D eigenvalue weighted by molar-refractivity contribution is 5.97. The molecule has 0 spiro atoms. The van der Waals surface area contributed by atoms with Gasteiger partial charge in [0.2, 0.25) is 0 Å². The number of nitrogens with one attached hydrogen (secondary N) is 1. The number of pyridine rings is 1. The molecule has 1 atom stereocenters. The number of aromatic nitrogens is 1. The summed E-state index contributed by atoms with van der Waals surface area (Å²) in [5.74, 6) is 0.838. The van der Waals surface area contributed by atoms with Gasteiger partial charge in [0, 0.05) is 24.5 Å². The third-order valence-electron chi connectivity index (χ3n) is 4.82. The SMILES string of the molecule is COc1cc(C(C)NC(=O)c2cc([N+](=O)[O-])ccc2OC)ccc1OCc1ccncc1. The van der Waals surface area contributed by atoms with E-state index in [-0.39, 0.29) is 17.0 Å². The molecule has 3 rings (SSSR count). The van der Waals surface area contributed by atoms with Crippen molar-refractivity contribution < 1.29 is 23.9 Å². The first kappa shape index (κ1) is 22.5. The van der Waals surface area contributed by atoms with Gasteiger partial charge in [-0.1, -0.05) is 6.07 Å². The topological polar surface area (TPSA) is 113 Å². The van der Waals surface area contributed by atoms with E-state index in [9.17, 15) is 14.9 Å². The van der Waals surface area contributed by atoms with Gasteiger partial charge >= 0.3 is 0 Å². The van der Waals surface area contributed by atoms with Crippen molar-refractivity contribution in [3.05, 3.63) is 87.7 Å². The Balaban J connectivity index is 1.75.